The highest BCUT2D eigenvalue weighted by molar-refractivity contribution is 7.89. The molecule has 49 heavy (non-hydrogen) atoms. The van der Waals surface area contributed by atoms with Crippen LogP contribution >= 0.6 is 0 Å². The first-order valence-electron chi connectivity index (χ1n) is 16.6. The van der Waals surface area contributed by atoms with Gasteiger partial charge >= 0.3 is 5.97 Å². The number of aliphatic hydroxyl groups is 2. The number of hydrogen-bond donors (Lipinski definition) is 5. The van der Waals surface area contributed by atoms with Crippen molar-refractivity contribution in [2.45, 2.75) is 62.6 Å². The Morgan fingerprint density at radius 2 is 1.61 bits per heavy atom. The molecule has 0 aliphatic rings. The van der Waals surface area contributed by atoms with Gasteiger partial charge in [0.15, 0.2) is 0 Å². The van der Waals surface area contributed by atoms with Crippen LogP contribution in [-0.2, 0) is 37.4 Å². The minimum Gasteiger partial charge on any atom is -0.508 e. The molecule has 0 saturated carbocycles. The van der Waals surface area contributed by atoms with E-state index in [9.17, 15) is 28.5 Å². The van der Waals surface area contributed by atoms with Crippen LogP contribution in [0.15, 0.2) is 95.9 Å². The standard InChI is InChI=1S/C38H46N2O8S/c41-28-34-26-33(18-19-36(34)42)37(43)27-39-21-6-2-1-3-7-22-47-23-9-11-29-10-8-14-35(25-29)49(45,46)40-48-38(44)20-16-30-15-17-31-12-4-5-13-32(31)24-30/h4-5,8,10,12-20,24-26,37,39-43H,1-3,6-7,9,11,21-23,27-28H2/b20-16+/t37-/m0/s1. The summed E-state index contributed by atoms with van der Waals surface area (Å²) in [5.74, 6) is -0.813. The third kappa shape index (κ3) is 12.7. The van der Waals surface area contributed by atoms with Crippen LogP contribution in [0.25, 0.3) is 16.8 Å². The van der Waals surface area contributed by atoms with Gasteiger partial charge in [0.25, 0.3) is 10.0 Å². The first kappa shape index (κ1) is 37.7. The Morgan fingerprint density at radius 1 is 0.837 bits per heavy atom. The van der Waals surface area contributed by atoms with E-state index in [0.717, 1.165) is 67.0 Å². The van der Waals surface area contributed by atoms with Gasteiger partial charge in [-0.3, -0.25) is 0 Å². The summed E-state index contributed by atoms with van der Waals surface area (Å²) in [6.07, 6.45) is 8.63. The molecule has 10 nitrogen and oxygen atoms in total. The van der Waals surface area contributed by atoms with Crippen molar-refractivity contribution < 1.29 is 38.1 Å². The molecule has 1 atom stereocenters. The van der Waals surface area contributed by atoms with Gasteiger partial charge in [-0.15, -0.1) is 0 Å². The van der Waals surface area contributed by atoms with Gasteiger partial charge in [0.1, 0.15) is 5.75 Å². The molecule has 0 aliphatic heterocycles. The van der Waals surface area contributed by atoms with E-state index in [-0.39, 0.29) is 17.3 Å². The number of carbonyl (C=O) groups excluding carboxylic acids is 1. The summed E-state index contributed by atoms with van der Waals surface area (Å²) >= 11 is 0. The Balaban J connectivity index is 1.03. The van der Waals surface area contributed by atoms with Gasteiger partial charge in [0.2, 0.25) is 0 Å². The first-order chi connectivity index (χ1) is 23.7. The molecule has 4 aromatic carbocycles. The predicted octanol–water partition coefficient (Wildman–Crippen LogP) is 5.71. The number of aryl methyl sites for hydroxylation is 1. The van der Waals surface area contributed by atoms with Gasteiger partial charge in [0, 0.05) is 31.4 Å². The van der Waals surface area contributed by atoms with Gasteiger partial charge in [0.05, 0.1) is 17.6 Å². The number of hydrogen-bond acceptors (Lipinski definition) is 9. The number of ether oxygens (including phenoxy) is 1. The molecule has 4 aromatic rings. The molecular formula is C38H46N2O8S. The molecule has 4 rings (SSSR count). The maximum Gasteiger partial charge on any atom is 0.350 e. The Bertz CT molecular complexity index is 1780. The van der Waals surface area contributed by atoms with Crippen molar-refractivity contribution in [3.05, 3.63) is 113 Å². The van der Waals surface area contributed by atoms with Crippen molar-refractivity contribution in [3.8, 4) is 5.75 Å². The summed E-state index contributed by atoms with van der Waals surface area (Å²) in [5.41, 5.74) is 2.69. The summed E-state index contributed by atoms with van der Waals surface area (Å²) in [7, 11) is -4.05. The zero-order chi connectivity index (χ0) is 34.9. The van der Waals surface area contributed by atoms with E-state index in [4.69, 9.17) is 9.57 Å². The van der Waals surface area contributed by atoms with Crippen molar-refractivity contribution in [2.75, 3.05) is 26.3 Å². The van der Waals surface area contributed by atoms with Crippen LogP contribution in [0.5, 0.6) is 5.75 Å². The molecule has 0 radical (unpaired) electrons. The number of fused-ring (bicyclic) bond motifs is 1. The molecule has 0 aliphatic carbocycles. The molecule has 0 saturated heterocycles. The van der Waals surface area contributed by atoms with Gasteiger partial charge in [-0.2, -0.15) is 0 Å². The van der Waals surface area contributed by atoms with E-state index in [2.05, 4.69) is 5.32 Å². The Morgan fingerprint density at radius 3 is 2.45 bits per heavy atom. The highest BCUT2D eigenvalue weighted by Crippen LogP contribution is 2.22. The van der Waals surface area contributed by atoms with E-state index in [0.29, 0.717) is 37.3 Å². The number of benzene rings is 4. The van der Waals surface area contributed by atoms with Crippen LogP contribution in [-0.4, -0.2) is 56.0 Å². The lowest BCUT2D eigenvalue weighted by Crippen LogP contribution is -2.26. The predicted molar refractivity (Wildman–Crippen MR) is 190 cm³/mol. The summed E-state index contributed by atoms with van der Waals surface area (Å²) in [4.78, 5) is 18.9. The van der Waals surface area contributed by atoms with Crippen LogP contribution < -0.4 is 10.2 Å². The lowest BCUT2D eigenvalue weighted by molar-refractivity contribution is -0.141. The average Bonchev–Trinajstić information content (AvgIpc) is 3.12. The molecule has 0 bridgehead atoms. The second-order valence-electron chi connectivity index (χ2n) is 11.8. The number of rotatable bonds is 21. The fraction of sp³-hybridized carbons (Fsp3) is 0.342. The molecule has 5 N–H and O–H groups in total. The normalized spacial score (nSPS) is 12.4. The van der Waals surface area contributed by atoms with Gasteiger partial charge in [-0.05, 0) is 101 Å². The van der Waals surface area contributed by atoms with Gasteiger partial charge in [-0.25, -0.2) is 13.2 Å². The van der Waals surface area contributed by atoms with Crippen molar-refractivity contribution in [1.29, 1.82) is 0 Å². The van der Waals surface area contributed by atoms with E-state index in [1.165, 1.54) is 18.2 Å². The monoisotopic (exact) mass is 690 g/mol. The molecule has 262 valence electrons. The Labute approximate surface area is 288 Å². The SMILES string of the molecule is O=C(/C=C/c1ccc2ccccc2c1)ONS(=O)(=O)c1cccc(CCCOCCCCCCCNC[C@H](O)c2ccc(O)c(CO)c2)c1. The maximum absolute atomic E-state index is 12.7. The number of phenols is 1. The Kier molecular flexibility index (Phi) is 15.2. The molecule has 0 aromatic heterocycles. The number of unbranched alkanes of at least 4 members (excludes halogenated alkanes) is 4. The zero-order valence-electron chi connectivity index (χ0n) is 27.6. The average molecular weight is 691 g/mol. The maximum atomic E-state index is 12.7. The number of aliphatic hydroxyl groups excluding tert-OH is 2. The lowest BCUT2D eigenvalue weighted by Gasteiger charge is -2.14. The van der Waals surface area contributed by atoms with E-state index in [1.807, 2.05) is 53.4 Å². The fourth-order valence-corrected chi connectivity index (χ4v) is 6.14. The quantitative estimate of drug-likeness (QED) is 0.0420. The third-order valence-electron chi connectivity index (χ3n) is 8.04. The van der Waals surface area contributed by atoms with Gasteiger partial charge in [-0.1, -0.05) is 73.9 Å². The zero-order valence-corrected chi connectivity index (χ0v) is 28.4. The van der Waals surface area contributed by atoms with Crippen LogP contribution in [0.3, 0.4) is 0 Å². The van der Waals surface area contributed by atoms with Crippen LogP contribution in [0.1, 0.15) is 66.9 Å². The molecule has 11 heteroatoms. The van der Waals surface area contributed by atoms with Crippen LogP contribution in [0.4, 0.5) is 0 Å². The van der Waals surface area contributed by atoms with Crippen molar-refractivity contribution in [3.63, 3.8) is 0 Å². The van der Waals surface area contributed by atoms with Gasteiger partial charge < -0.3 is 30.2 Å². The minimum atomic E-state index is -4.05. The summed E-state index contributed by atoms with van der Waals surface area (Å²) < 4.78 is 31.2. The second kappa shape index (κ2) is 19.8. The smallest absolute Gasteiger partial charge is 0.350 e. The summed E-state index contributed by atoms with van der Waals surface area (Å²) in [6, 6.07) is 24.9. The topological polar surface area (TPSA) is 154 Å². The van der Waals surface area contributed by atoms with Crippen molar-refractivity contribution >= 4 is 32.8 Å². The molecular weight excluding hydrogens is 644 g/mol. The van der Waals surface area contributed by atoms with Crippen molar-refractivity contribution in [1.82, 2.24) is 10.2 Å². The summed E-state index contributed by atoms with van der Waals surface area (Å²) in [6.45, 7) is 2.17. The van der Waals surface area contributed by atoms with Crippen LogP contribution in [0, 0.1) is 0 Å². The highest BCUT2D eigenvalue weighted by atomic mass is 32.2. The number of aromatic hydroxyl groups is 1. The molecule has 0 unspecified atom stereocenters. The van der Waals surface area contributed by atoms with Crippen LogP contribution in [0.2, 0.25) is 0 Å². The lowest BCUT2D eigenvalue weighted by atomic mass is 10.1. The van der Waals surface area contributed by atoms with E-state index in [1.54, 1.807) is 30.3 Å². The molecule has 0 heterocycles. The van der Waals surface area contributed by atoms with E-state index < -0.39 is 22.1 Å². The van der Waals surface area contributed by atoms with E-state index >= 15 is 0 Å². The molecule has 0 spiro atoms. The van der Waals surface area contributed by atoms with Crippen molar-refractivity contribution in [2.24, 2.45) is 0 Å². The molecule has 0 fully saturated rings. The third-order valence-corrected chi connectivity index (χ3v) is 9.22. The second-order valence-corrected chi connectivity index (χ2v) is 13.5. The summed E-state index contributed by atoms with van der Waals surface area (Å²) in [5, 5.41) is 34.6. The number of nitrogens with one attached hydrogen (secondary N) is 2. The number of carbonyl (C=O) groups is 1. The largest absolute Gasteiger partial charge is 0.508 e. The minimum absolute atomic E-state index is 0.0117. The number of sulfonamides is 1. The Hall–Kier alpha value is -4.10. The first-order valence-corrected chi connectivity index (χ1v) is 18.1. The fourth-order valence-electron chi connectivity index (χ4n) is 5.28. The highest BCUT2D eigenvalue weighted by Gasteiger charge is 2.16. The molecule has 0 amide bonds.